The molecule has 0 aromatic heterocycles. The minimum atomic E-state index is -0.462. The number of benzene rings is 1. The number of nitrogens with zero attached hydrogens (tertiary/aromatic N) is 2. The van der Waals surface area contributed by atoms with Gasteiger partial charge in [0.25, 0.3) is 5.91 Å². The molecule has 0 atom stereocenters. The minimum absolute atomic E-state index is 0. The lowest BCUT2D eigenvalue weighted by atomic mass is 9.93. The molecule has 0 unspecified atom stereocenters. The molecule has 8 heteroatoms. The number of nitrogens with one attached hydrogen (secondary N) is 1. The number of hydrogen-bond donors (Lipinski definition) is 1. The van der Waals surface area contributed by atoms with E-state index >= 15 is 0 Å². The van der Waals surface area contributed by atoms with E-state index in [1.54, 1.807) is 4.90 Å². The van der Waals surface area contributed by atoms with Gasteiger partial charge in [0, 0.05) is 32.6 Å². The summed E-state index contributed by atoms with van der Waals surface area (Å²) < 4.78 is 13.1. The Bertz CT molecular complexity index is 660. The Labute approximate surface area is 170 Å². The Hall–Kier alpha value is -1.37. The minimum Gasteiger partial charge on any atom is -0.339 e. The highest BCUT2D eigenvalue weighted by molar-refractivity contribution is 6.33. The maximum Gasteiger partial charge on any atom is 0.255 e. The van der Waals surface area contributed by atoms with Crippen LogP contribution >= 0.6 is 24.0 Å². The van der Waals surface area contributed by atoms with Crippen molar-refractivity contribution in [3.63, 3.8) is 0 Å². The second-order valence-corrected chi connectivity index (χ2v) is 7.44. The van der Waals surface area contributed by atoms with E-state index in [0.717, 1.165) is 38.4 Å². The second-order valence-electron chi connectivity index (χ2n) is 7.03. The predicted molar refractivity (Wildman–Crippen MR) is 106 cm³/mol. The molecule has 1 aromatic rings. The van der Waals surface area contributed by atoms with Crippen LogP contribution in [0.2, 0.25) is 5.02 Å². The maximum absolute atomic E-state index is 13.1. The quantitative estimate of drug-likeness (QED) is 0.818. The summed E-state index contributed by atoms with van der Waals surface area (Å²) in [5.41, 5.74) is 0.304. The van der Waals surface area contributed by atoms with E-state index in [2.05, 4.69) is 5.32 Å². The topological polar surface area (TPSA) is 52.7 Å². The van der Waals surface area contributed by atoms with E-state index in [1.165, 1.54) is 12.1 Å². The summed E-state index contributed by atoms with van der Waals surface area (Å²) in [4.78, 5) is 28.5. The van der Waals surface area contributed by atoms with Gasteiger partial charge in [0.05, 0.1) is 10.6 Å². The van der Waals surface area contributed by atoms with Crippen LogP contribution in [0.25, 0.3) is 0 Å². The number of rotatable bonds is 4. The molecule has 2 heterocycles. The number of carbonyl (C=O) groups is 2. The van der Waals surface area contributed by atoms with Crippen molar-refractivity contribution in [2.75, 3.05) is 39.3 Å². The molecule has 3 rings (SSSR count). The summed E-state index contributed by atoms with van der Waals surface area (Å²) in [6, 6.07) is 3.80. The van der Waals surface area contributed by atoms with Crippen molar-refractivity contribution in [2.24, 2.45) is 5.92 Å². The van der Waals surface area contributed by atoms with Gasteiger partial charge in [-0.3, -0.25) is 9.59 Å². The van der Waals surface area contributed by atoms with Gasteiger partial charge >= 0.3 is 0 Å². The van der Waals surface area contributed by atoms with E-state index in [4.69, 9.17) is 11.6 Å². The number of carbonyl (C=O) groups excluding carboxylic acids is 2. The Balaban J connectivity index is 0.00000261. The monoisotopic (exact) mass is 417 g/mol. The Morgan fingerprint density at radius 2 is 1.74 bits per heavy atom. The lowest BCUT2D eigenvalue weighted by Crippen LogP contribution is -2.50. The van der Waals surface area contributed by atoms with Crippen molar-refractivity contribution in [1.82, 2.24) is 15.1 Å². The van der Waals surface area contributed by atoms with Crippen molar-refractivity contribution < 1.29 is 14.0 Å². The van der Waals surface area contributed by atoms with Crippen LogP contribution in [-0.2, 0) is 4.79 Å². The summed E-state index contributed by atoms with van der Waals surface area (Å²) in [5.74, 6) is 0.145. The summed E-state index contributed by atoms with van der Waals surface area (Å²) >= 11 is 5.98. The van der Waals surface area contributed by atoms with Gasteiger partial charge < -0.3 is 15.1 Å². The number of amides is 2. The molecular formula is C19H26Cl2FN3O2. The van der Waals surface area contributed by atoms with Gasteiger partial charge in [0.15, 0.2) is 0 Å². The van der Waals surface area contributed by atoms with Crippen molar-refractivity contribution >= 4 is 35.8 Å². The van der Waals surface area contributed by atoms with Crippen LogP contribution in [-0.4, -0.2) is 60.9 Å². The zero-order valence-electron chi connectivity index (χ0n) is 15.3. The number of hydrogen-bond acceptors (Lipinski definition) is 3. The van der Waals surface area contributed by atoms with Crippen LogP contribution in [0.4, 0.5) is 4.39 Å². The van der Waals surface area contributed by atoms with Crippen LogP contribution in [0.15, 0.2) is 18.2 Å². The van der Waals surface area contributed by atoms with E-state index < -0.39 is 5.82 Å². The molecule has 27 heavy (non-hydrogen) atoms. The summed E-state index contributed by atoms with van der Waals surface area (Å²) in [5, 5.41) is 3.46. The highest BCUT2D eigenvalue weighted by Crippen LogP contribution is 2.21. The first-order valence-electron chi connectivity index (χ1n) is 9.27. The highest BCUT2D eigenvalue weighted by Gasteiger charge is 2.26. The molecule has 2 amide bonds. The normalized spacial score (nSPS) is 18.1. The van der Waals surface area contributed by atoms with E-state index in [1.807, 2.05) is 4.90 Å². The maximum atomic E-state index is 13.1. The first kappa shape index (κ1) is 21.9. The second kappa shape index (κ2) is 10.2. The molecule has 2 aliphatic rings. The van der Waals surface area contributed by atoms with Crippen LogP contribution < -0.4 is 5.32 Å². The standard InChI is InChI=1S/C19H25ClFN3O2.ClH/c20-17-13-15(21)2-3-16(17)19(26)24-11-9-23(10-12-24)18(25)4-1-14-5-7-22-8-6-14;/h2-3,13-14,22H,1,4-12H2;1H. The van der Waals surface area contributed by atoms with Crippen LogP contribution in [0, 0.1) is 11.7 Å². The van der Waals surface area contributed by atoms with Crippen molar-refractivity contribution in [1.29, 1.82) is 0 Å². The fraction of sp³-hybridized carbons (Fsp3) is 0.579. The number of piperidine rings is 1. The van der Waals surface area contributed by atoms with E-state index in [-0.39, 0.29) is 29.2 Å². The van der Waals surface area contributed by atoms with Crippen LogP contribution in [0.1, 0.15) is 36.0 Å². The molecular weight excluding hydrogens is 392 g/mol. The molecule has 0 spiro atoms. The van der Waals surface area contributed by atoms with Gasteiger partial charge in [-0.25, -0.2) is 4.39 Å². The fourth-order valence-electron chi connectivity index (χ4n) is 3.65. The van der Waals surface area contributed by atoms with Gasteiger partial charge in [-0.2, -0.15) is 0 Å². The first-order valence-corrected chi connectivity index (χ1v) is 9.65. The molecule has 1 N–H and O–H groups in total. The largest absolute Gasteiger partial charge is 0.339 e. The Kier molecular flexibility index (Phi) is 8.32. The SMILES string of the molecule is Cl.O=C(CCC1CCNCC1)N1CCN(C(=O)c2ccc(F)cc2Cl)CC1. The molecule has 0 saturated carbocycles. The summed E-state index contributed by atoms with van der Waals surface area (Å²) in [6.45, 7) is 4.12. The fourth-order valence-corrected chi connectivity index (χ4v) is 3.90. The number of halogens is 3. The van der Waals surface area contributed by atoms with Gasteiger partial charge in [-0.05, 0) is 56.5 Å². The molecule has 1 aromatic carbocycles. The summed E-state index contributed by atoms with van der Waals surface area (Å²) in [7, 11) is 0. The van der Waals surface area contributed by atoms with Crippen molar-refractivity contribution in [3.05, 3.63) is 34.6 Å². The lowest BCUT2D eigenvalue weighted by molar-refractivity contribution is -0.133. The smallest absolute Gasteiger partial charge is 0.255 e. The van der Waals surface area contributed by atoms with Gasteiger partial charge in [0.2, 0.25) is 5.91 Å². The third-order valence-corrected chi connectivity index (χ3v) is 5.62. The van der Waals surface area contributed by atoms with Crippen LogP contribution in [0.5, 0.6) is 0 Å². The molecule has 0 bridgehead atoms. The average molecular weight is 418 g/mol. The van der Waals surface area contributed by atoms with Crippen molar-refractivity contribution in [3.8, 4) is 0 Å². The average Bonchev–Trinajstić information content (AvgIpc) is 2.66. The summed E-state index contributed by atoms with van der Waals surface area (Å²) in [6.07, 6.45) is 3.83. The lowest BCUT2D eigenvalue weighted by Gasteiger charge is -2.35. The Morgan fingerprint density at radius 3 is 2.37 bits per heavy atom. The van der Waals surface area contributed by atoms with Gasteiger partial charge in [0.1, 0.15) is 5.82 Å². The zero-order valence-corrected chi connectivity index (χ0v) is 16.8. The predicted octanol–water partition coefficient (Wildman–Crippen LogP) is 2.97. The molecule has 150 valence electrons. The molecule has 2 saturated heterocycles. The Morgan fingerprint density at radius 1 is 1.11 bits per heavy atom. The molecule has 2 aliphatic heterocycles. The third-order valence-electron chi connectivity index (χ3n) is 5.31. The van der Waals surface area contributed by atoms with Gasteiger partial charge in [-0.1, -0.05) is 11.6 Å². The van der Waals surface area contributed by atoms with Gasteiger partial charge in [-0.15, -0.1) is 12.4 Å². The van der Waals surface area contributed by atoms with E-state index in [0.29, 0.717) is 44.1 Å². The number of piperazine rings is 1. The van der Waals surface area contributed by atoms with E-state index in [9.17, 15) is 14.0 Å². The first-order chi connectivity index (χ1) is 12.5. The van der Waals surface area contributed by atoms with Crippen molar-refractivity contribution in [2.45, 2.75) is 25.7 Å². The highest BCUT2D eigenvalue weighted by atomic mass is 35.5. The molecule has 5 nitrogen and oxygen atoms in total. The molecule has 0 aliphatic carbocycles. The zero-order chi connectivity index (χ0) is 18.5. The van der Waals surface area contributed by atoms with Crippen LogP contribution in [0.3, 0.4) is 0 Å². The molecule has 2 fully saturated rings. The third kappa shape index (κ3) is 5.80. The molecule has 0 radical (unpaired) electrons.